The molecule has 0 heterocycles. The van der Waals surface area contributed by atoms with Gasteiger partial charge in [-0.15, -0.1) is 0 Å². The molecule has 1 aromatic carbocycles. The van der Waals surface area contributed by atoms with Crippen LogP contribution in [-0.4, -0.2) is 0 Å². The molecule has 1 aliphatic carbocycles. The Labute approximate surface area is 90.0 Å². The first kappa shape index (κ1) is 10.8. The Morgan fingerprint density at radius 3 is 2.27 bits per heavy atom. The monoisotopic (exact) mass is 235 g/mol. The van der Waals surface area contributed by atoms with Crippen LogP contribution in [0.5, 0.6) is 0 Å². The van der Waals surface area contributed by atoms with Crippen molar-refractivity contribution in [2.45, 2.75) is 24.8 Å². The van der Waals surface area contributed by atoms with E-state index in [2.05, 4.69) is 0 Å². The predicted octanol–water partition coefficient (Wildman–Crippen LogP) is 3.10. The third-order valence-corrected chi connectivity index (χ3v) is 3.22. The molecule has 1 aliphatic rings. The average Bonchev–Trinajstić information content (AvgIpc) is 2.17. The lowest BCUT2D eigenvalue weighted by Gasteiger charge is -2.38. The minimum atomic E-state index is -1.36. The van der Waals surface area contributed by atoms with Gasteiger partial charge in [-0.05, 0) is 25.3 Å². The molecule has 0 spiro atoms. The second kappa shape index (κ2) is 3.39. The van der Waals surface area contributed by atoms with Crippen LogP contribution in [0.4, 0.5) is 13.2 Å². The first-order chi connectivity index (χ1) is 6.96. The van der Waals surface area contributed by atoms with Crippen LogP contribution in [0, 0.1) is 17.5 Å². The van der Waals surface area contributed by atoms with Gasteiger partial charge in [0.15, 0.2) is 11.6 Å². The Balaban J connectivity index is 2.58. The summed E-state index contributed by atoms with van der Waals surface area (Å²) in [5.74, 6) is -3.47. The van der Waals surface area contributed by atoms with Gasteiger partial charge in [-0.1, -0.05) is 11.6 Å². The van der Waals surface area contributed by atoms with E-state index in [9.17, 15) is 13.2 Å². The van der Waals surface area contributed by atoms with Gasteiger partial charge in [-0.2, -0.15) is 0 Å². The van der Waals surface area contributed by atoms with Crippen LogP contribution in [-0.2, 0) is 5.54 Å². The largest absolute Gasteiger partial charge is 0.321 e. The summed E-state index contributed by atoms with van der Waals surface area (Å²) in [6, 6.07) is 0.801. The van der Waals surface area contributed by atoms with E-state index in [1.165, 1.54) is 0 Å². The number of benzene rings is 1. The molecule has 0 radical (unpaired) electrons. The van der Waals surface area contributed by atoms with Crippen LogP contribution in [0.3, 0.4) is 0 Å². The molecule has 0 unspecified atom stereocenters. The highest BCUT2D eigenvalue weighted by molar-refractivity contribution is 6.31. The van der Waals surface area contributed by atoms with Crippen LogP contribution in [0.25, 0.3) is 0 Å². The summed E-state index contributed by atoms with van der Waals surface area (Å²) < 4.78 is 39.5. The first-order valence-electron chi connectivity index (χ1n) is 4.58. The van der Waals surface area contributed by atoms with Crippen molar-refractivity contribution in [2.75, 3.05) is 0 Å². The van der Waals surface area contributed by atoms with E-state index in [1.807, 2.05) is 0 Å². The maximum atomic E-state index is 13.5. The molecule has 2 N–H and O–H groups in total. The van der Waals surface area contributed by atoms with Crippen molar-refractivity contribution in [3.05, 3.63) is 34.1 Å². The van der Waals surface area contributed by atoms with E-state index in [4.69, 9.17) is 17.3 Å². The molecule has 0 atom stereocenters. The minimum Gasteiger partial charge on any atom is -0.321 e. The Morgan fingerprint density at radius 1 is 1.20 bits per heavy atom. The second-order valence-electron chi connectivity index (χ2n) is 3.86. The van der Waals surface area contributed by atoms with Gasteiger partial charge in [0.25, 0.3) is 0 Å². The minimum absolute atomic E-state index is 0.0300. The van der Waals surface area contributed by atoms with Crippen molar-refractivity contribution in [1.29, 1.82) is 0 Å². The fourth-order valence-electron chi connectivity index (χ4n) is 1.76. The maximum absolute atomic E-state index is 13.5. The lowest BCUT2D eigenvalue weighted by molar-refractivity contribution is 0.243. The van der Waals surface area contributed by atoms with E-state index >= 15 is 0 Å². The quantitative estimate of drug-likeness (QED) is 0.588. The number of halogens is 4. The lowest BCUT2D eigenvalue weighted by Crippen LogP contribution is -2.44. The molecule has 82 valence electrons. The summed E-state index contributed by atoms with van der Waals surface area (Å²) in [6.07, 6.45) is 1.98. The van der Waals surface area contributed by atoms with Gasteiger partial charge in [0.1, 0.15) is 10.8 Å². The molecule has 0 amide bonds. The number of hydrogen-bond acceptors (Lipinski definition) is 1. The molecule has 0 aromatic heterocycles. The molecule has 5 heteroatoms. The van der Waals surface area contributed by atoms with Crippen LogP contribution in [0.2, 0.25) is 5.02 Å². The molecule has 0 saturated heterocycles. The molecule has 0 bridgehead atoms. The average molecular weight is 236 g/mol. The highest BCUT2D eigenvalue weighted by Gasteiger charge is 2.38. The summed E-state index contributed by atoms with van der Waals surface area (Å²) >= 11 is 5.33. The topological polar surface area (TPSA) is 26.0 Å². The Morgan fingerprint density at radius 2 is 1.80 bits per heavy atom. The molecular weight excluding hydrogens is 227 g/mol. The highest BCUT2D eigenvalue weighted by atomic mass is 35.5. The third kappa shape index (κ3) is 1.52. The van der Waals surface area contributed by atoms with Crippen molar-refractivity contribution in [3.8, 4) is 0 Å². The molecule has 2 rings (SSSR count). The van der Waals surface area contributed by atoms with Crippen molar-refractivity contribution < 1.29 is 13.2 Å². The second-order valence-corrected chi connectivity index (χ2v) is 4.24. The zero-order chi connectivity index (χ0) is 11.2. The van der Waals surface area contributed by atoms with Gasteiger partial charge in [0.2, 0.25) is 0 Å². The summed E-state index contributed by atoms with van der Waals surface area (Å²) in [5, 5.41) is -0.818. The molecule has 1 fully saturated rings. The van der Waals surface area contributed by atoms with Gasteiger partial charge in [0.05, 0.1) is 0 Å². The van der Waals surface area contributed by atoms with E-state index < -0.39 is 28.0 Å². The SMILES string of the molecule is NC1(c2cc(F)c(F)c(Cl)c2F)CCC1. The highest BCUT2D eigenvalue weighted by Crippen LogP contribution is 2.41. The van der Waals surface area contributed by atoms with Crippen LogP contribution in [0.15, 0.2) is 6.07 Å². The van der Waals surface area contributed by atoms with E-state index in [-0.39, 0.29) is 5.56 Å². The maximum Gasteiger partial charge on any atom is 0.180 e. The van der Waals surface area contributed by atoms with Crippen molar-refractivity contribution >= 4 is 11.6 Å². The smallest absolute Gasteiger partial charge is 0.180 e. The van der Waals surface area contributed by atoms with E-state index in [0.29, 0.717) is 12.8 Å². The summed E-state index contributed by atoms with van der Waals surface area (Å²) in [5.41, 5.74) is 4.91. The Hall–Kier alpha value is -0.740. The standard InChI is InChI=1S/C10H9ClF3N/c11-7-8(13)5(4-6(12)9(7)14)10(15)2-1-3-10/h4H,1-3,15H2. The number of hydrogen-bond donors (Lipinski definition) is 1. The zero-order valence-electron chi connectivity index (χ0n) is 7.79. The van der Waals surface area contributed by atoms with Gasteiger partial charge in [-0.25, -0.2) is 13.2 Å². The molecular formula is C10H9ClF3N. The van der Waals surface area contributed by atoms with Crippen molar-refractivity contribution in [1.82, 2.24) is 0 Å². The summed E-state index contributed by atoms with van der Waals surface area (Å²) in [4.78, 5) is 0. The molecule has 0 aliphatic heterocycles. The molecule has 1 nitrogen and oxygen atoms in total. The van der Waals surface area contributed by atoms with Crippen LogP contribution in [0.1, 0.15) is 24.8 Å². The molecule has 1 saturated carbocycles. The van der Waals surface area contributed by atoms with Gasteiger partial charge in [-0.3, -0.25) is 0 Å². The fraction of sp³-hybridized carbons (Fsp3) is 0.400. The van der Waals surface area contributed by atoms with E-state index in [0.717, 1.165) is 12.5 Å². The fourth-order valence-corrected chi connectivity index (χ4v) is 1.95. The third-order valence-electron chi connectivity index (χ3n) is 2.88. The Kier molecular flexibility index (Phi) is 2.43. The van der Waals surface area contributed by atoms with Crippen molar-refractivity contribution in [2.24, 2.45) is 5.73 Å². The number of nitrogens with two attached hydrogens (primary N) is 1. The predicted molar refractivity (Wildman–Crippen MR) is 51.0 cm³/mol. The molecule has 1 aromatic rings. The lowest BCUT2D eigenvalue weighted by atomic mass is 9.72. The number of rotatable bonds is 1. The van der Waals surface area contributed by atoms with E-state index in [1.54, 1.807) is 0 Å². The zero-order valence-corrected chi connectivity index (χ0v) is 8.54. The normalized spacial score (nSPS) is 18.7. The van der Waals surface area contributed by atoms with Gasteiger partial charge in [0, 0.05) is 11.1 Å². The summed E-state index contributed by atoms with van der Waals surface area (Å²) in [7, 11) is 0. The van der Waals surface area contributed by atoms with Crippen molar-refractivity contribution in [3.63, 3.8) is 0 Å². The molecule has 15 heavy (non-hydrogen) atoms. The van der Waals surface area contributed by atoms with Crippen LogP contribution < -0.4 is 5.73 Å². The van der Waals surface area contributed by atoms with Crippen LogP contribution >= 0.6 is 11.6 Å². The van der Waals surface area contributed by atoms with Gasteiger partial charge >= 0.3 is 0 Å². The first-order valence-corrected chi connectivity index (χ1v) is 4.96. The van der Waals surface area contributed by atoms with Gasteiger partial charge < -0.3 is 5.73 Å². The Bertz CT molecular complexity index is 416. The summed E-state index contributed by atoms with van der Waals surface area (Å²) in [6.45, 7) is 0.